The van der Waals surface area contributed by atoms with Crippen molar-refractivity contribution in [3.8, 4) is 5.75 Å². The number of nitrogens with zero attached hydrogens (tertiary/aromatic N) is 1. The van der Waals surface area contributed by atoms with Crippen LogP contribution in [0.5, 0.6) is 5.75 Å². The highest BCUT2D eigenvalue weighted by Crippen LogP contribution is 2.15. The lowest BCUT2D eigenvalue weighted by molar-refractivity contribution is -0.149. The molecule has 0 heterocycles. The summed E-state index contributed by atoms with van der Waals surface area (Å²) >= 11 is 0. The number of benzene rings is 2. The van der Waals surface area contributed by atoms with Gasteiger partial charge in [0.25, 0.3) is 0 Å². The van der Waals surface area contributed by atoms with Crippen molar-refractivity contribution < 1.29 is 28.9 Å². The molecule has 0 radical (unpaired) electrons. The Morgan fingerprint density at radius 1 is 1.03 bits per heavy atom. The second-order valence-corrected chi connectivity index (χ2v) is 8.23. The minimum absolute atomic E-state index is 0.180. The molecular weight excluding hydrogens is 448 g/mol. The molecule has 0 bridgehead atoms. The van der Waals surface area contributed by atoms with Gasteiger partial charge in [0.05, 0.1) is 6.54 Å². The van der Waals surface area contributed by atoms with E-state index in [1.165, 1.54) is 0 Å². The third kappa shape index (κ3) is 10.8. The molecule has 2 N–H and O–H groups in total. The number of rotatable bonds is 16. The second-order valence-electron chi connectivity index (χ2n) is 8.23. The number of anilines is 1. The number of carboxylic acids is 1. The number of hydrogen-bond donors (Lipinski definition) is 2. The van der Waals surface area contributed by atoms with Crippen LogP contribution in [-0.2, 0) is 20.7 Å². The summed E-state index contributed by atoms with van der Waals surface area (Å²) in [6, 6.07) is 14.8. The van der Waals surface area contributed by atoms with Crippen molar-refractivity contribution in [3.05, 3.63) is 59.7 Å². The van der Waals surface area contributed by atoms with E-state index >= 15 is 0 Å². The molecule has 0 aliphatic carbocycles. The minimum Gasteiger partial charge on any atom is -0.492 e. The molecule has 0 aliphatic heterocycles. The van der Waals surface area contributed by atoms with Gasteiger partial charge < -0.3 is 29.5 Å². The maximum Gasteiger partial charge on any atom is 0.333 e. The molecule has 0 saturated heterocycles. The third-order valence-electron chi connectivity index (χ3n) is 5.24. The highest BCUT2D eigenvalue weighted by atomic mass is 16.5. The van der Waals surface area contributed by atoms with Crippen molar-refractivity contribution in [1.29, 1.82) is 0 Å². The number of urea groups is 1. The van der Waals surface area contributed by atoms with E-state index in [0.717, 1.165) is 29.7 Å². The molecule has 0 aromatic heterocycles. The first-order chi connectivity index (χ1) is 16.9. The fourth-order valence-electron chi connectivity index (χ4n) is 3.47. The monoisotopic (exact) mass is 486 g/mol. The van der Waals surface area contributed by atoms with Gasteiger partial charge in [-0.2, -0.15) is 0 Å². The van der Waals surface area contributed by atoms with E-state index in [1.54, 1.807) is 24.0 Å². The average Bonchev–Trinajstić information content (AvgIpc) is 2.83. The zero-order valence-electron chi connectivity index (χ0n) is 21.0. The smallest absolute Gasteiger partial charge is 0.333 e. The summed E-state index contributed by atoms with van der Waals surface area (Å²) in [5, 5.41) is 12.2. The molecule has 2 aromatic rings. The molecule has 2 aromatic carbocycles. The Balaban J connectivity index is 1.90. The maximum absolute atomic E-state index is 12.9. The summed E-state index contributed by atoms with van der Waals surface area (Å²) in [7, 11) is 0. The number of nitrogens with one attached hydrogen (secondary N) is 1. The summed E-state index contributed by atoms with van der Waals surface area (Å²) in [5.41, 5.74) is 2.68. The van der Waals surface area contributed by atoms with Crippen molar-refractivity contribution in [1.82, 2.24) is 4.90 Å². The summed E-state index contributed by atoms with van der Waals surface area (Å²) in [4.78, 5) is 25.9. The Labute approximate surface area is 208 Å². The molecule has 2 rings (SSSR count). The SMILES string of the molecule is CCCOCCCN(CCOc1ccc(CC(OCC)C(=O)O)cc1)C(=O)Nc1cccc(C)c1. The number of ether oxygens (including phenoxy) is 3. The zero-order chi connectivity index (χ0) is 25.5. The summed E-state index contributed by atoms with van der Waals surface area (Å²) in [5.74, 6) is -0.321. The number of carbonyl (C=O) groups excluding carboxylic acids is 1. The first kappa shape index (κ1) is 28.1. The van der Waals surface area contributed by atoms with E-state index in [-0.39, 0.29) is 12.5 Å². The van der Waals surface area contributed by atoms with Crippen LogP contribution in [0.2, 0.25) is 0 Å². The predicted octanol–water partition coefficient (Wildman–Crippen LogP) is 4.76. The van der Waals surface area contributed by atoms with E-state index in [4.69, 9.17) is 14.2 Å². The topological polar surface area (TPSA) is 97.3 Å². The van der Waals surface area contributed by atoms with Crippen LogP contribution in [0.1, 0.15) is 37.8 Å². The Morgan fingerprint density at radius 2 is 1.80 bits per heavy atom. The van der Waals surface area contributed by atoms with Gasteiger partial charge in [-0.1, -0.05) is 31.2 Å². The molecule has 8 nitrogen and oxygen atoms in total. The fraction of sp³-hybridized carbons (Fsp3) is 0.481. The van der Waals surface area contributed by atoms with Gasteiger partial charge in [-0.3, -0.25) is 0 Å². The van der Waals surface area contributed by atoms with Gasteiger partial charge in [-0.05, 0) is 62.1 Å². The predicted molar refractivity (Wildman–Crippen MR) is 136 cm³/mol. The first-order valence-electron chi connectivity index (χ1n) is 12.2. The van der Waals surface area contributed by atoms with E-state index in [0.29, 0.717) is 45.3 Å². The fourth-order valence-corrected chi connectivity index (χ4v) is 3.47. The molecule has 1 atom stereocenters. The van der Waals surface area contributed by atoms with E-state index in [2.05, 4.69) is 12.2 Å². The van der Waals surface area contributed by atoms with Gasteiger partial charge in [0.2, 0.25) is 0 Å². The molecule has 8 heteroatoms. The number of aliphatic carboxylic acids is 1. The van der Waals surface area contributed by atoms with Crippen LogP contribution in [-0.4, -0.2) is 67.6 Å². The molecule has 192 valence electrons. The van der Waals surface area contributed by atoms with Gasteiger partial charge in [0, 0.05) is 38.5 Å². The van der Waals surface area contributed by atoms with Crippen LogP contribution in [0.4, 0.5) is 10.5 Å². The molecule has 2 amide bonds. The Morgan fingerprint density at radius 3 is 2.46 bits per heavy atom. The van der Waals surface area contributed by atoms with E-state index in [9.17, 15) is 14.7 Å². The van der Waals surface area contributed by atoms with Gasteiger partial charge in [0.1, 0.15) is 12.4 Å². The van der Waals surface area contributed by atoms with Crippen molar-refractivity contribution in [2.75, 3.05) is 44.8 Å². The van der Waals surface area contributed by atoms with Crippen molar-refractivity contribution in [2.24, 2.45) is 0 Å². The zero-order valence-corrected chi connectivity index (χ0v) is 21.0. The number of aryl methyl sites for hydroxylation is 1. The summed E-state index contributed by atoms with van der Waals surface area (Å²) in [6.07, 6.45) is 1.12. The molecule has 0 spiro atoms. The van der Waals surface area contributed by atoms with Crippen molar-refractivity contribution >= 4 is 17.7 Å². The van der Waals surface area contributed by atoms with Crippen LogP contribution in [0.15, 0.2) is 48.5 Å². The first-order valence-corrected chi connectivity index (χ1v) is 12.2. The second kappa shape index (κ2) is 15.7. The molecule has 0 fully saturated rings. The van der Waals surface area contributed by atoms with Crippen LogP contribution in [0.25, 0.3) is 0 Å². The van der Waals surface area contributed by atoms with Crippen LogP contribution in [0.3, 0.4) is 0 Å². The number of amides is 2. The Hall–Kier alpha value is -3.10. The van der Waals surface area contributed by atoms with E-state index < -0.39 is 12.1 Å². The van der Waals surface area contributed by atoms with Crippen molar-refractivity contribution in [2.45, 2.75) is 46.1 Å². The molecule has 0 saturated carbocycles. The largest absolute Gasteiger partial charge is 0.492 e. The van der Waals surface area contributed by atoms with Crippen LogP contribution >= 0.6 is 0 Å². The Kier molecular flexibility index (Phi) is 12.7. The van der Waals surface area contributed by atoms with Gasteiger partial charge >= 0.3 is 12.0 Å². The van der Waals surface area contributed by atoms with Crippen LogP contribution < -0.4 is 10.1 Å². The van der Waals surface area contributed by atoms with Crippen molar-refractivity contribution in [3.63, 3.8) is 0 Å². The minimum atomic E-state index is -0.976. The molecule has 1 unspecified atom stereocenters. The number of carboxylic acid groups (broad SMARTS) is 1. The van der Waals surface area contributed by atoms with Gasteiger partial charge in [0.15, 0.2) is 6.10 Å². The summed E-state index contributed by atoms with van der Waals surface area (Å²) < 4.78 is 16.7. The third-order valence-corrected chi connectivity index (χ3v) is 5.24. The normalized spacial score (nSPS) is 11.6. The van der Waals surface area contributed by atoms with Gasteiger partial charge in [-0.25, -0.2) is 9.59 Å². The lowest BCUT2D eigenvalue weighted by Crippen LogP contribution is -2.39. The number of carbonyl (C=O) groups is 2. The summed E-state index contributed by atoms with van der Waals surface area (Å²) in [6.45, 7) is 8.77. The quantitative estimate of drug-likeness (QED) is 0.332. The molecular formula is C27H38N2O6. The average molecular weight is 487 g/mol. The van der Waals surface area contributed by atoms with Gasteiger partial charge in [-0.15, -0.1) is 0 Å². The standard InChI is InChI=1S/C27H38N2O6/c1-4-16-33-17-7-14-29(27(32)28-23-9-6-8-21(3)19-23)15-18-35-24-12-10-22(11-13-24)20-25(26(30)31)34-5-2/h6,8-13,19,25H,4-5,7,14-18,20H2,1-3H3,(H,28,32)(H,30,31). The molecule has 35 heavy (non-hydrogen) atoms. The molecule has 0 aliphatic rings. The highest BCUT2D eigenvalue weighted by molar-refractivity contribution is 5.89. The lowest BCUT2D eigenvalue weighted by atomic mass is 10.1. The lowest BCUT2D eigenvalue weighted by Gasteiger charge is -2.23. The van der Waals surface area contributed by atoms with Crippen LogP contribution in [0, 0.1) is 6.92 Å². The van der Waals surface area contributed by atoms with E-state index in [1.807, 2.05) is 43.3 Å². The maximum atomic E-state index is 12.9. The Bertz CT molecular complexity index is 903. The number of hydrogen-bond acceptors (Lipinski definition) is 5. The highest BCUT2D eigenvalue weighted by Gasteiger charge is 2.18.